The maximum absolute atomic E-state index is 12.8. The van der Waals surface area contributed by atoms with Gasteiger partial charge in [-0.15, -0.1) is 0 Å². The molecule has 1 fully saturated rings. The molecule has 156 valence electrons. The molecular weight excluding hydrogens is 376 g/mol. The highest BCUT2D eigenvalue weighted by molar-refractivity contribution is 6.05. The van der Waals surface area contributed by atoms with Crippen LogP contribution in [0.5, 0.6) is 5.75 Å². The molecule has 2 atom stereocenters. The number of ketones is 1. The topological polar surface area (TPSA) is 104 Å². The predicted octanol–water partition coefficient (Wildman–Crippen LogP) is 2.11. The van der Waals surface area contributed by atoms with E-state index in [0.717, 1.165) is 0 Å². The number of nitrogens with zero attached hydrogens (tertiary/aromatic N) is 2. The van der Waals surface area contributed by atoms with Crippen molar-refractivity contribution >= 4 is 29.3 Å². The zero-order chi connectivity index (χ0) is 21.1. The summed E-state index contributed by atoms with van der Waals surface area (Å²) in [5, 5.41) is 9.24. The van der Waals surface area contributed by atoms with Crippen LogP contribution in [0.4, 0.5) is 5.69 Å². The summed E-state index contributed by atoms with van der Waals surface area (Å²) in [5.74, 6) is -1.76. The van der Waals surface area contributed by atoms with Gasteiger partial charge in [0.25, 0.3) is 5.91 Å². The first kappa shape index (κ1) is 20.8. The van der Waals surface area contributed by atoms with Gasteiger partial charge < -0.3 is 14.7 Å². The number of Topliss-reactive ketones (excluding diaryl/α,β-unsaturated/α-hetero) is 1. The van der Waals surface area contributed by atoms with E-state index >= 15 is 0 Å². The minimum atomic E-state index is -0.914. The van der Waals surface area contributed by atoms with Gasteiger partial charge in [0, 0.05) is 25.1 Å². The number of hydrogen-bond donors (Lipinski definition) is 1. The van der Waals surface area contributed by atoms with Crippen molar-refractivity contribution in [3.63, 3.8) is 0 Å². The second kappa shape index (κ2) is 8.63. The summed E-state index contributed by atoms with van der Waals surface area (Å²) in [6, 6.07) is 4.92. The average molecular weight is 402 g/mol. The van der Waals surface area contributed by atoms with Crippen LogP contribution >= 0.6 is 0 Å². The van der Waals surface area contributed by atoms with E-state index in [9.17, 15) is 24.3 Å². The summed E-state index contributed by atoms with van der Waals surface area (Å²) in [7, 11) is 0. The number of rotatable bonds is 6. The van der Waals surface area contributed by atoms with E-state index in [-0.39, 0.29) is 30.7 Å². The van der Waals surface area contributed by atoms with Gasteiger partial charge in [-0.05, 0) is 44.4 Å². The summed E-state index contributed by atoms with van der Waals surface area (Å²) in [5.41, 5.74) is 0.869. The van der Waals surface area contributed by atoms with Crippen molar-refractivity contribution in [1.29, 1.82) is 0 Å². The Hall–Kier alpha value is -2.90. The Labute approximate surface area is 169 Å². The monoisotopic (exact) mass is 402 g/mol. The van der Waals surface area contributed by atoms with Crippen LogP contribution in [0.15, 0.2) is 18.2 Å². The van der Waals surface area contributed by atoms with Gasteiger partial charge in [-0.1, -0.05) is 6.92 Å². The van der Waals surface area contributed by atoms with Crippen LogP contribution in [0.3, 0.4) is 0 Å². The lowest BCUT2D eigenvalue weighted by Crippen LogP contribution is -2.51. The molecule has 2 amide bonds. The highest BCUT2D eigenvalue weighted by Gasteiger charge is 2.35. The van der Waals surface area contributed by atoms with Crippen LogP contribution in [-0.2, 0) is 14.4 Å². The second-order valence-corrected chi connectivity index (χ2v) is 7.56. The molecule has 0 radical (unpaired) electrons. The SMILES string of the molecule is CCCC(=O)c1ccc2c(c1)N(CC(=O)N1CCCC(C(=O)O)C1)C(=O)C(C)O2. The zero-order valence-electron chi connectivity index (χ0n) is 16.7. The van der Waals surface area contributed by atoms with Gasteiger partial charge in [0.05, 0.1) is 11.6 Å². The minimum absolute atomic E-state index is 0.0343. The van der Waals surface area contributed by atoms with E-state index in [0.29, 0.717) is 49.2 Å². The molecule has 3 rings (SSSR count). The lowest BCUT2D eigenvalue weighted by atomic mass is 9.98. The molecule has 0 aromatic heterocycles. The lowest BCUT2D eigenvalue weighted by Gasteiger charge is -2.36. The molecule has 0 bridgehead atoms. The molecule has 2 aliphatic heterocycles. The number of amides is 2. The number of carbonyl (C=O) groups excluding carboxylic acids is 3. The molecule has 8 heteroatoms. The predicted molar refractivity (Wildman–Crippen MR) is 105 cm³/mol. The number of fused-ring (bicyclic) bond motifs is 1. The van der Waals surface area contributed by atoms with Gasteiger partial charge in [-0.3, -0.25) is 24.1 Å². The van der Waals surface area contributed by atoms with E-state index in [4.69, 9.17) is 4.74 Å². The molecule has 1 aromatic rings. The highest BCUT2D eigenvalue weighted by atomic mass is 16.5. The molecule has 2 unspecified atom stereocenters. The summed E-state index contributed by atoms with van der Waals surface area (Å²) in [6.07, 6.45) is 1.51. The fourth-order valence-electron chi connectivity index (χ4n) is 3.76. The van der Waals surface area contributed by atoms with Crippen molar-refractivity contribution in [3.8, 4) is 5.75 Å². The molecule has 0 aliphatic carbocycles. The maximum atomic E-state index is 12.8. The van der Waals surface area contributed by atoms with Crippen molar-refractivity contribution in [2.45, 2.75) is 45.6 Å². The quantitative estimate of drug-likeness (QED) is 0.731. The van der Waals surface area contributed by atoms with Crippen molar-refractivity contribution < 1.29 is 29.0 Å². The number of benzene rings is 1. The molecule has 1 N–H and O–H groups in total. The standard InChI is InChI=1S/C21H26N2O6/c1-3-5-17(24)14-7-8-18-16(10-14)23(20(26)13(2)29-18)12-19(25)22-9-4-6-15(11-22)21(27)28/h7-8,10,13,15H,3-6,9,11-12H2,1-2H3,(H,27,28). The van der Waals surface area contributed by atoms with Gasteiger partial charge in [0.1, 0.15) is 12.3 Å². The molecule has 2 heterocycles. The Bertz CT molecular complexity index is 836. The summed E-state index contributed by atoms with van der Waals surface area (Å²) in [6.45, 7) is 3.93. The van der Waals surface area contributed by atoms with Crippen LogP contribution < -0.4 is 9.64 Å². The van der Waals surface area contributed by atoms with Crippen LogP contribution in [0.2, 0.25) is 0 Å². The molecule has 2 aliphatic rings. The van der Waals surface area contributed by atoms with Crippen molar-refractivity contribution in [2.75, 3.05) is 24.5 Å². The Kier molecular flexibility index (Phi) is 6.20. The molecule has 1 aromatic carbocycles. The third-order valence-corrected chi connectivity index (χ3v) is 5.38. The highest BCUT2D eigenvalue weighted by Crippen LogP contribution is 2.35. The first-order chi connectivity index (χ1) is 13.8. The van der Waals surface area contributed by atoms with Crippen LogP contribution in [0.1, 0.15) is 49.9 Å². The summed E-state index contributed by atoms with van der Waals surface area (Å²) < 4.78 is 5.64. The molecule has 29 heavy (non-hydrogen) atoms. The van der Waals surface area contributed by atoms with Gasteiger partial charge in [-0.25, -0.2) is 0 Å². The molecule has 0 spiro atoms. The zero-order valence-corrected chi connectivity index (χ0v) is 16.7. The molecular formula is C21H26N2O6. The van der Waals surface area contributed by atoms with Crippen LogP contribution in [0, 0.1) is 5.92 Å². The maximum Gasteiger partial charge on any atom is 0.308 e. The smallest absolute Gasteiger partial charge is 0.308 e. The first-order valence-electron chi connectivity index (χ1n) is 9.97. The third-order valence-electron chi connectivity index (χ3n) is 5.38. The van der Waals surface area contributed by atoms with E-state index < -0.39 is 18.0 Å². The minimum Gasteiger partial charge on any atom is -0.481 e. The summed E-state index contributed by atoms with van der Waals surface area (Å²) in [4.78, 5) is 52.0. The number of ether oxygens (including phenoxy) is 1. The molecule has 0 saturated carbocycles. The van der Waals surface area contributed by atoms with Crippen LogP contribution in [0.25, 0.3) is 0 Å². The Morgan fingerprint density at radius 3 is 2.72 bits per heavy atom. The normalized spacial score (nSPS) is 21.4. The van der Waals surface area contributed by atoms with E-state index in [1.54, 1.807) is 25.1 Å². The third kappa shape index (κ3) is 4.41. The Balaban J connectivity index is 1.84. The number of anilines is 1. The van der Waals surface area contributed by atoms with E-state index in [1.807, 2.05) is 6.92 Å². The second-order valence-electron chi connectivity index (χ2n) is 7.56. The first-order valence-corrected chi connectivity index (χ1v) is 9.97. The number of carboxylic acid groups (broad SMARTS) is 1. The number of carboxylic acids is 1. The number of hydrogen-bond acceptors (Lipinski definition) is 5. The van der Waals surface area contributed by atoms with E-state index in [2.05, 4.69) is 0 Å². The summed E-state index contributed by atoms with van der Waals surface area (Å²) >= 11 is 0. The molecule has 8 nitrogen and oxygen atoms in total. The Morgan fingerprint density at radius 2 is 2.03 bits per heavy atom. The van der Waals surface area contributed by atoms with Gasteiger partial charge in [0.2, 0.25) is 5.91 Å². The molecule has 1 saturated heterocycles. The van der Waals surface area contributed by atoms with Crippen molar-refractivity contribution in [2.24, 2.45) is 5.92 Å². The number of carbonyl (C=O) groups is 4. The number of piperidine rings is 1. The van der Waals surface area contributed by atoms with E-state index in [1.165, 1.54) is 9.80 Å². The fraction of sp³-hybridized carbons (Fsp3) is 0.524. The largest absolute Gasteiger partial charge is 0.481 e. The number of aliphatic carboxylic acids is 1. The van der Waals surface area contributed by atoms with Crippen molar-refractivity contribution in [1.82, 2.24) is 4.90 Å². The van der Waals surface area contributed by atoms with Gasteiger partial charge in [0.15, 0.2) is 11.9 Å². The Morgan fingerprint density at radius 1 is 1.28 bits per heavy atom. The van der Waals surface area contributed by atoms with Gasteiger partial charge in [-0.2, -0.15) is 0 Å². The average Bonchev–Trinajstić information content (AvgIpc) is 2.71. The van der Waals surface area contributed by atoms with Crippen molar-refractivity contribution in [3.05, 3.63) is 23.8 Å². The fourth-order valence-corrected chi connectivity index (χ4v) is 3.76. The number of likely N-dealkylation sites (tertiary alicyclic amines) is 1. The van der Waals surface area contributed by atoms with Crippen LogP contribution in [-0.4, -0.2) is 59.3 Å². The van der Waals surface area contributed by atoms with Gasteiger partial charge >= 0.3 is 5.97 Å². The lowest BCUT2D eigenvalue weighted by molar-refractivity contribution is -0.145.